The first-order valence-electron chi connectivity index (χ1n) is 12.7. The molecule has 0 amide bonds. The number of hydrogen-bond donors (Lipinski definition) is 3. The average molecular weight is 456 g/mol. The lowest BCUT2D eigenvalue weighted by Gasteiger charge is -2.24. The third-order valence-corrected chi connectivity index (χ3v) is 6.75. The van der Waals surface area contributed by atoms with Gasteiger partial charge in [0.25, 0.3) is 0 Å². The van der Waals surface area contributed by atoms with E-state index in [1.165, 1.54) is 48.9 Å². The van der Waals surface area contributed by atoms with Gasteiger partial charge in [0.1, 0.15) is 5.82 Å². The standard InChI is InChI=1S/C29H37N5/c1-20(2)26-25(15-9-12-21-10-5-3-6-11-21)33-28(23-13-7-4-8-14-23)34-27(26)22-16-18-24(19-17-22)32-29(30)31/h3,5-6,10-11,16-20,23H,4,7-9,12-15H2,1-2H3,(H4,30,31,32). The van der Waals surface area contributed by atoms with Crippen molar-refractivity contribution in [2.24, 2.45) is 5.73 Å². The van der Waals surface area contributed by atoms with Crippen LogP contribution in [0.4, 0.5) is 5.69 Å². The van der Waals surface area contributed by atoms with Gasteiger partial charge in [0.2, 0.25) is 0 Å². The van der Waals surface area contributed by atoms with Crippen LogP contribution in [0.2, 0.25) is 0 Å². The van der Waals surface area contributed by atoms with E-state index in [4.69, 9.17) is 21.1 Å². The zero-order valence-corrected chi connectivity index (χ0v) is 20.5. The van der Waals surface area contributed by atoms with Crippen LogP contribution in [0, 0.1) is 5.41 Å². The van der Waals surface area contributed by atoms with Crippen molar-refractivity contribution in [1.29, 1.82) is 5.41 Å². The highest BCUT2D eigenvalue weighted by Gasteiger charge is 2.24. The zero-order chi connectivity index (χ0) is 23.9. The van der Waals surface area contributed by atoms with Crippen molar-refractivity contribution < 1.29 is 0 Å². The Balaban J connectivity index is 1.70. The lowest BCUT2D eigenvalue weighted by atomic mass is 9.87. The van der Waals surface area contributed by atoms with Gasteiger partial charge in [0.15, 0.2) is 5.96 Å². The lowest BCUT2D eigenvalue weighted by Crippen LogP contribution is -2.20. The Hall–Kier alpha value is -3.21. The summed E-state index contributed by atoms with van der Waals surface area (Å²) in [4.78, 5) is 10.4. The van der Waals surface area contributed by atoms with Gasteiger partial charge >= 0.3 is 0 Å². The minimum atomic E-state index is -0.0575. The maximum atomic E-state index is 7.48. The van der Waals surface area contributed by atoms with E-state index >= 15 is 0 Å². The molecule has 0 radical (unpaired) electrons. The molecule has 3 aromatic rings. The minimum Gasteiger partial charge on any atom is -0.370 e. The van der Waals surface area contributed by atoms with Gasteiger partial charge < -0.3 is 11.1 Å². The van der Waals surface area contributed by atoms with Gasteiger partial charge in [-0.05, 0) is 55.7 Å². The molecular weight excluding hydrogens is 418 g/mol. The number of aryl methyl sites for hydroxylation is 2. The molecule has 1 saturated carbocycles. The number of benzene rings is 2. The fraction of sp³-hybridized carbons (Fsp3) is 0.414. The molecular formula is C29H37N5. The second-order valence-electron chi connectivity index (χ2n) is 9.74. The van der Waals surface area contributed by atoms with Crippen molar-refractivity contribution >= 4 is 11.6 Å². The molecule has 0 aliphatic heterocycles. The molecule has 4 N–H and O–H groups in total. The highest BCUT2D eigenvalue weighted by molar-refractivity contribution is 5.90. The van der Waals surface area contributed by atoms with Crippen molar-refractivity contribution in [3.05, 3.63) is 77.2 Å². The number of hydrogen-bond acceptors (Lipinski definition) is 3. The summed E-state index contributed by atoms with van der Waals surface area (Å²) >= 11 is 0. The second kappa shape index (κ2) is 11.3. The summed E-state index contributed by atoms with van der Waals surface area (Å²) in [6, 6.07) is 18.8. The molecule has 5 heteroatoms. The van der Waals surface area contributed by atoms with Gasteiger partial charge in [-0.25, -0.2) is 9.97 Å². The maximum absolute atomic E-state index is 7.48. The van der Waals surface area contributed by atoms with Crippen LogP contribution in [0.3, 0.4) is 0 Å². The fourth-order valence-corrected chi connectivity index (χ4v) is 5.07. The maximum Gasteiger partial charge on any atom is 0.190 e. The Bertz CT molecular complexity index is 1080. The van der Waals surface area contributed by atoms with Crippen LogP contribution in [0.15, 0.2) is 54.6 Å². The third kappa shape index (κ3) is 6.02. The van der Waals surface area contributed by atoms with Gasteiger partial charge in [-0.3, -0.25) is 5.41 Å². The summed E-state index contributed by atoms with van der Waals surface area (Å²) in [7, 11) is 0. The number of nitrogens with one attached hydrogen (secondary N) is 2. The van der Waals surface area contributed by atoms with E-state index in [0.717, 1.165) is 42.0 Å². The summed E-state index contributed by atoms with van der Waals surface area (Å²) in [5.74, 6) is 1.76. The van der Waals surface area contributed by atoms with Crippen LogP contribution in [0.5, 0.6) is 0 Å². The molecule has 178 valence electrons. The van der Waals surface area contributed by atoms with E-state index in [2.05, 4.69) is 61.6 Å². The van der Waals surface area contributed by atoms with Gasteiger partial charge in [0, 0.05) is 28.4 Å². The number of anilines is 1. The van der Waals surface area contributed by atoms with Crippen LogP contribution in [-0.2, 0) is 12.8 Å². The highest BCUT2D eigenvalue weighted by Crippen LogP contribution is 2.36. The molecule has 1 heterocycles. The Labute approximate surface area is 203 Å². The molecule has 0 unspecified atom stereocenters. The lowest BCUT2D eigenvalue weighted by molar-refractivity contribution is 0.427. The predicted octanol–water partition coefficient (Wildman–Crippen LogP) is 6.80. The monoisotopic (exact) mass is 455 g/mol. The van der Waals surface area contributed by atoms with Crippen LogP contribution in [-0.4, -0.2) is 15.9 Å². The molecule has 0 spiro atoms. The predicted molar refractivity (Wildman–Crippen MR) is 141 cm³/mol. The SMILES string of the molecule is CC(C)c1c(CCCc2ccccc2)nc(C2CCCCC2)nc1-c1ccc(NC(=N)N)cc1. The van der Waals surface area contributed by atoms with E-state index in [1.54, 1.807) is 0 Å². The Morgan fingerprint density at radius 1 is 0.971 bits per heavy atom. The molecule has 34 heavy (non-hydrogen) atoms. The first-order valence-corrected chi connectivity index (χ1v) is 12.7. The largest absolute Gasteiger partial charge is 0.370 e. The topological polar surface area (TPSA) is 87.7 Å². The molecule has 4 rings (SSSR count). The minimum absolute atomic E-state index is 0.0575. The highest BCUT2D eigenvalue weighted by atomic mass is 15.0. The molecule has 0 saturated heterocycles. The number of aromatic nitrogens is 2. The Morgan fingerprint density at radius 3 is 2.32 bits per heavy atom. The third-order valence-electron chi connectivity index (χ3n) is 6.75. The molecule has 1 aliphatic rings. The van der Waals surface area contributed by atoms with E-state index < -0.39 is 0 Å². The van der Waals surface area contributed by atoms with Crippen molar-refractivity contribution in [2.75, 3.05) is 5.32 Å². The van der Waals surface area contributed by atoms with E-state index in [1.807, 2.05) is 12.1 Å². The summed E-state index contributed by atoms with van der Waals surface area (Å²) in [6.45, 7) is 4.49. The smallest absolute Gasteiger partial charge is 0.190 e. The normalized spacial score (nSPS) is 14.3. The van der Waals surface area contributed by atoms with E-state index in [-0.39, 0.29) is 5.96 Å². The summed E-state index contributed by atoms with van der Waals surface area (Å²) < 4.78 is 0. The van der Waals surface area contributed by atoms with Gasteiger partial charge in [-0.1, -0.05) is 75.6 Å². The summed E-state index contributed by atoms with van der Waals surface area (Å²) in [6.07, 6.45) is 9.32. The molecule has 5 nitrogen and oxygen atoms in total. The molecule has 2 aromatic carbocycles. The van der Waals surface area contributed by atoms with E-state index in [9.17, 15) is 0 Å². The zero-order valence-electron chi connectivity index (χ0n) is 20.5. The van der Waals surface area contributed by atoms with Gasteiger partial charge in [0.05, 0.1) is 5.69 Å². The number of rotatable bonds is 8. The first-order chi connectivity index (χ1) is 16.5. The van der Waals surface area contributed by atoms with Crippen molar-refractivity contribution in [1.82, 2.24) is 9.97 Å². The molecule has 0 bridgehead atoms. The van der Waals surface area contributed by atoms with Gasteiger partial charge in [-0.15, -0.1) is 0 Å². The van der Waals surface area contributed by atoms with Crippen LogP contribution < -0.4 is 11.1 Å². The molecule has 0 atom stereocenters. The summed E-state index contributed by atoms with van der Waals surface area (Å²) in [5, 5.41) is 10.3. The summed E-state index contributed by atoms with van der Waals surface area (Å²) in [5.41, 5.74) is 12.3. The first kappa shape index (κ1) is 23.9. The number of nitrogens with zero attached hydrogens (tertiary/aromatic N) is 2. The van der Waals surface area contributed by atoms with Crippen LogP contribution in [0.1, 0.15) is 86.9 Å². The molecule has 1 aliphatic carbocycles. The van der Waals surface area contributed by atoms with Crippen molar-refractivity contribution in [2.45, 2.75) is 77.0 Å². The Kier molecular flexibility index (Phi) is 7.94. The average Bonchev–Trinajstić information content (AvgIpc) is 2.85. The fourth-order valence-electron chi connectivity index (χ4n) is 5.07. The molecule has 1 aromatic heterocycles. The second-order valence-corrected chi connectivity index (χ2v) is 9.74. The van der Waals surface area contributed by atoms with Crippen molar-refractivity contribution in [3.63, 3.8) is 0 Å². The van der Waals surface area contributed by atoms with Crippen LogP contribution >= 0.6 is 0 Å². The van der Waals surface area contributed by atoms with Crippen molar-refractivity contribution in [3.8, 4) is 11.3 Å². The number of guanidine groups is 1. The molecule has 1 fully saturated rings. The van der Waals surface area contributed by atoms with E-state index in [0.29, 0.717) is 11.8 Å². The van der Waals surface area contributed by atoms with Gasteiger partial charge in [-0.2, -0.15) is 0 Å². The van der Waals surface area contributed by atoms with Crippen LogP contribution in [0.25, 0.3) is 11.3 Å². The quantitative estimate of drug-likeness (QED) is 0.258. The number of nitrogens with two attached hydrogens (primary N) is 1. The Morgan fingerprint density at radius 2 is 1.68 bits per heavy atom.